The van der Waals surface area contributed by atoms with Crippen LogP contribution in [0.25, 0.3) is 5.70 Å². The molecule has 0 aromatic heterocycles. The minimum Gasteiger partial charge on any atom is -0.348 e. The monoisotopic (exact) mass is 528 g/mol. The van der Waals surface area contributed by atoms with E-state index in [2.05, 4.69) is 23.7 Å². The topological polar surface area (TPSA) is 56.7 Å². The molecule has 2 heterocycles. The van der Waals surface area contributed by atoms with Gasteiger partial charge in [0, 0.05) is 23.6 Å². The zero-order valence-corrected chi connectivity index (χ0v) is 21.2. The molecule has 198 valence electrons. The van der Waals surface area contributed by atoms with Crippen molar-refractivity contribution >= 4 is 23.1 Å². The summed E-state index contributed by atoms with van der Waals surface area (Å²) in [4.78, 5) is 17.6. The van der Waals surface area contributed by atoms with E-state index in [1.165, 1.54) is 18.2 Å². The number of alkyl halides is 3. The standard InChI is InChI=1S/C31H27F3N4O/c1-21-14-19-26-11-7-13-28(38(26)37-29(21)36-25-9-3-2-4-10-25)22-15-17-23(18-16-22)30(39)35-20-24-8-5-6-12-27(24)31(32,33)34/h2-13,15-19,21H,14,20H2,1H3,(H,35,39)(H,36,37). The highest BCUT2D eigenvalue weighted by molar-refractivity contribution is 5.94. The fraction of sp³-hybridized carbons (Fsp3) is 0.161. The van der Waals surface area contributed by atoms with Crippen LogP contribution in [-0.2, 0) is 12.7 Å². The van der Waals surface area contributed by atoms with Crippen molar-refractivity contribution in [2.24, 2.45) is 10.9 Å². The lowest BCUT2D eigenvalue weighted by Gasteiger charge is -2.31. The van der Waals surface area contributed by atoms with Gasteiger partial charge >= 0.3 is 6.18 Å². The van der Waals surface area contributed by atoms with Gasteiger partial charge in [0.2, 0.25) is 0 Å². The molecule has 2 aliphatic heterocycles. The number of amidine groups is 1. The molecule has 1 amide bonds. The number of rotatable bonds is 5. The number of carbonyl (C=O) groups excluding carboxylic acids is 1. The van der Waals surface area contributed by atoms with E-state index in [1.54, 1.807) is 12.1 Å². The third kappa shape index (κ3) is 5.95. The van der Waals surface area contributed by atoms with Gasteiger partial charge in [-0.1, -0.05) is 67.6 Å². The lowest BCUT2D eigenvalue weighted by atomic mass is 10.0. The average molecular weight is 529 g/mol. The molecule has 0 bridgehead atoms. The Hall–Kier alpha value is -4.59. The van der Waals surface area contributed by atoms with Gasteiger partial charge in [-0.05, 0) is 54.5 Å². The van der Waals surface area contributed by atoms with E-state index in [0.717, 1.165) is 41.0 Å². The van der Waals surface area contributed by atoms with E-state index in [4.69, 9.17) is 4.99 Å². The summed E-state index contributed by atoms with van der Waals surface area (Å²) in [6.07, 6.45) is 4.47. The van der Waals surface area contributed by atoms with E-state index < -0.39 is 17.6 Å². The SMILES string of the molecule is CC1CC=C2C=CC=C(c3ccc(C(=O)NCc4ccccc4C(F)(F)F)cc3)N2NC1=Nc1ccccc1. The maximum absolute atomic E-state index is 13.3. The molecule has 2 N–H and O–H groups in total. The number of benzene rings is 3. The Morgan fingerprint density at radius 3 is 2.49 bits per heavy atom. The number of hydrogen-bond acceptors (Lipinski definition) is 3. The third-order valence-corrected chi connectivity index (χ3v) is 6.60. The quantitative estimate of drug-likeness (QED) is 0.375. The maximum atomic E-state index is 13.3. The van der Waals surface area contributed by atoms with E-state index in [1.807, 2.05) is 65.7 Å². The van der Waals surface area contributed by atoms with E-state index in [-0.39, 0.29) is 18.0 Å². The Morgan fingerprint density at radius 1 is 1.03 bits per heavy atom. The first-order valence-electron chi connectivity index (χ1n) is 12.6. The Kier molecular flexibility index (Phi) is 7.36. The number of nitrogens with zero attached hydrogens (tertiary/aromatic N) is 2. The maximum Gasteiger partial charge on any atom is 0.416 e. The van der Waals surface area contributed by atoms with Gasteiger partial charge in [-0.15, -0.1) is 0 Å². The zero-order valence-electron chi connectivity index (χ0n) is 21.2. The lowest BCUT2D eigenvalue weighted by Crippen LogP contribution is -2.41. The summed E-state index contributed by atoms with van der Waals surface area (Å²) < 4.78 is 39.8. The van der Waals surface area contributed by atoms with Crippen molar-refractivity contribution in [3.63, 3.8) is 0 Å². The van der Waals surface area contributed by atoms with Crippen LogP contribution in [0, 0.1) is 5.92 Å². The first-order chi connectivity index (χ1) is 18.8. The molecule has 39 heavy (non-hydrogen) atoms. The molecule has 1 unspecified atom stereocenters. The smallest absolute Gasteiger partial charge is 0.348 e. The van der Waals surface area contributed by atoms with Gasteiger partial charge in [-0.3, -0.25) is 15.2 Å². The Labute approximate surface area is 225 Å². The van der Waals surface area contributed by atoms with Crippen molar-refractivity contribution in [3.8, 4) is 0 Å². The van der Waals surface area contributed by atoms with E-state index >= 15 is 0 Å². The highest BCUT2D eigenvalue weighted by atomic mass is 19.4. The van der Waals surface area contributed by atoms with E-state index in [0.29, 0.717) is 5.56 Å². The van der Waals surface area contributed by atoms with Gasteiger partial charge in [0.25, 0.3) is 5.91 Å². The second-order valence-electron chi connectivity index (χ2n) is 9.37. The summed E-state index contributed by atoms with van der Waals surface area (Å²) in [5.41, 5.74) is 6.70. The lowest BCUT2D eigenvalue weighted by molar-refractivity contribution is -0.138. The van der Waals surface area contributed by atoms with Gasteiger partial charge < -0.3 is 5.32 Å². The minimum atomic E-state index is -4.48. The molecular weight excluding hydrogens is 501 g/mol. The Balaban J connectivity index is 1.32. The number of nitrogens with one attached hydrogen (secondary N) is 2. The highest BCUT2D eigenvalue weighted by Crippen LogP contribution is 2.32. The summed E-state index contributed by atoms with van der Waals surface area (Å²) >= 11 is 0. The molecule has 0 saturated heterocycles. The molecule has 8 heteroatoms. The molecule has 1 atom stereocenters. The first-order valence-corrected chi connectivity index (χ1v) is 12.6. The summed E-state index contributed by atoms with van der Waals surface area (Å²) in [6, 6.07) is 22.0. The predicted molar refractivity (Wildman–Crippen MR) is 147 cm³/mol. The van der Waals surface area contributed by atoms with Crippen LogP contribution in [-0.4, -0.2) is 16.8 Å². The van der Waals surface area contributed by atoms with E-state index in [9.17, 15) is 18.0 Å². The molecule has 3 aromatic rings. The van der Waals surface area contributed by atoms with Gasteiger partial charge in [0.1, 0.15) is 5.84 Å². The van der Waals surface area contributed by atoms with Crippen molar-refractivity contribution in [1.82, 2.24) is 15.8 Å². The van der Waals surface area contributed by atoms with Crippen molar-refractivity contribution in [1.29, 1.82) is 0 Å². The van der Waals surface area contributed by atoms with Crippen molar-refractivity contribution in [3.05, 3.63) is 131 Å². The summed E-state index contributed by atoms with van der Waals surface area (Å²) in [6.45, 7) is 1.90. The van der Waals surface area contributed by atoms with Crippen LogP contribution in [0.3, 0.4) is 0 Å². The summed E-state index contributed by atoms with van der Waals surface area (Å²) in [5.74, 6) is 0.561. The average Bonchev–Trinajstić information content (AvgIpc) is 3.10. The molecular formula is C31H27F3N4O. The largest absolute Gasteiger partial charge is 0.416 e. The van der Waals surface area contributed by atoms with Crippen molar-refractivity contribution in [2.75, 3.05) is 0 Å². The molecule has 5 nitrogen and oxygen atoms in total. The number of carbonyl (C=O) groups is 1. The molecule has 0 spiro atoms. The fourth-order valence-corrected chi connectivity index (χ4v) is 4.47. The Bertz CT molecular complexity index is 1470. The number of para-hydroxylation sites is 1. The normalized spacial score (nSPS) is 18.0. The van der Waals surface area contributed by atoms with Crippen LogP contribution >= 0.6 is 0 Å². The summed E-state index contributed by atoms with van der Waals surface area (Å²) in [5, 5.41) is 4.58. The van der Waals surface area contributed by atoms with Crippen LogP contribution in [0.5, 0.6) is 0 Å². The molecule has 0 radical (unpaired) electrons. The Morgan fingerprint density at radius 2 is 1.74 bits per heavy atom. The number of amides is 1. The van der Waals surface area contributed by atoms with Crippen molar-refractivity contribution in [2.45, 2.75) is 26.1 Å². The highest BCUT2D eigenvalue weighted by Gasteiger charge is 2.33. The second kappa shape index (κ2) is 11.0. The molecule has 0 fully saturated rings. The third-order valence-electron chi connectivity index (χ3n) is 6.60. The van der Waals surface area contributed by atoms with Crippen LogP contribution in [0.2, 0.25) is 0 Å². The number of fused-ring (bicyclic) bond motifs is 1. The number of halogens is 3. The number of hydrazine groups is 1. The first kappa shape index (κ1) is 26.0. The zero-order chi connectivity index (χ0) is 27.4. The fourth-order valence-electron chi connectivity index (χ4n) is 4.47. The molecule has 2 aliphatic rings. The minimum absolute atomic E-state index is 0.0165. The van der Waals surface area contributed by atoms with Gasteiger partial charge in [0.05, 0.1) is 22.6 Å². The van der Waals surface area contributed by atoms with Crippen LogP contribution < -0.4 is 10.7 Å². The van der Waals surface area contributed by atoms with Gasteiger partial charge in [-0.25, -0.2) is 4.99 Å². The predicted octanol–water partition coefficient (Wildman–Crippen LogP) is 7.01. The van der Waals surface area contributed by atoms with Crippen molar-refractivity contribution < 1.29 is 18.0 Å². The van der Waals surface area contributed by atoms with Crippen LogP contribution in [0.1, 0.15) is 40.4 Å². The number of allylic oxidation sites excluding steroid dienone is 4. The molecule has 5 rings (SSSR count). The second-order valence-corrected chi connectivity index (χ2v) is 9.37. The van der Waals surface area contributed by atoms with Gasteiger partial charge in [0.15, 0.2) is 0 Å². The summed E-state index contributed by atoms with van der Waals surface area (Å²) in [7, 11) is 0. The number of hydrogen-bond donors (Lipinski definition) is 2. The van der Waals surface area contributed by atoms with Crippen LogP contribution in [0.4, 0.5) is 18.9 Å². The van der Waals surface area contributed by atoms with Gasteiger partial charge in [-0.2, -0.15) is 13.2 Å². The number of aliphatic imine (C=N–C) groups is 1. The van der Waals surface area contributed by atoms with Crippen LogP contribution in [0.15, 0.2) is 114 Å². The molecule has 0 saturated carbocycles. The molecule has 0 aliphatic carbocycles. The molecule has 3 aromatic carbocycles.